The van der Waals surface area contributed by atoms with Gasteiger partial charge in [0, 0.05) is 12.5 Å². The Balaban J connectivity index is 2.15. The van der Waals surface area contributed by atoms with Crippen LogP contribution in [0.25, 0.3) is 6.08 Å². The van der Waals surface area contributed by atoms with Gasteiger partial charge in [-0.2, -0.15) is 0 Å². The van der Waals surface area contributed by atoms with Crippen LogP contribution in [0, 0.1) is 0 Å². The summed E-state index contributed by atoms with van der Waals surface area (Å²) in [4.78, 5) is 22.2. The monoisotopic (exact) mass is 262 g/mol. The number of hydrogen-bond acceptors (Lipinski definition) is 4. The third-order valence-corrected chi connectivity index (χ3v) is 2.46. The van der Waals surface area contributed by atoms with Crippen LogP contribution < -0.4 is 0 Å². The van der Waals surface area contributed by atoms with E-state index in [1.807, 2.05) is 30.3 Å². The third-order valence-electron chi connectivity index (χ3n) is 2.46. The van der Waals surface area contributed by atoms with Crippen molar-refractivity contribution in [3.63, 3.8) is 0 Å². The van der Waals surface area contributed by atoms with E-state index in [-0.39, 0.29) is 11.9 Å². The first-order valence-electron chi connectivity index (χ1n) is 6.19. The first kappa shape index (κ1) is 15.0. The zero-order valence-electron chi connectivity index (χ0n) is 11.0. The number of esters is 2. The second-order valence-electron chi connectivity index (χ2n) is 3.94. The van der Waals surface area contributed by atoms with E-state index in [2.05, 4.69) is 4.74 Å². The van der Waals surface area contributed by atoms with E-state index in [1.54, 1.807) is 6.08 Å². The largest absolute Gasteiger partial charge is 0.469 e. The van der Waals surface area contributed by atoms with E-state index in [9.17, 15) is 9.59 Å². The fourth-order valence-corrected chi connectivity index (χ4v) is 1.42. The fourth-order valence-electron chi connectivity index (χ4n) is 1.42. The summed E-state index contributed by atoms with van der Waals surface area (Å²) in [5.74, 6) is -0.614. The van der Waals surface area contributed by atoms with Crippen LogP contribution in [0.15, 0.2) is 36.4 Å². The van der Waals surface area contributed by atoms with Gasteiger partial charge in [0.1, 0.15) is 0 Å². The molecule has 1 rings (SSSR count). The van der Waals surface area contributed by atoms with Crippen molar-refractivity contribution in [3.8, 4) is 0 Å². The highest BCUT2D eigenvalue weighted by molar-refractivity contribution is 5.87. The molecule has 0 aliphatic carbocycles. The van der Waals surface area contributed by atoms with Gasteiger partial charge in [0.15, 0.2) is 0 Å². The van der Waals surface area contributed by atoms with Crippen LogP contribution in [0.3, 0.4) is 0 Å². The minimum atomic E-state index is -0.373. The summed E-state index contributed by atoms with van der Waals surface area (Å²) in [5, 5.41) is 0. The maximum Gasteiger partial charge on any atom is 0.330 e. The molecule has 0 aliphatic heterocycles. The molecule has 0 atom stereocenters. The molecule has 4 nitrogen and oxygen atoms in total. The van der Waals surface area contributed by atoms with Crippen LogP contribution in [-0.2, 0) is 19.1 Å². The Morgan fingerprint density at radius 2 is 1.89 bits per heavy atom. The van der Waals surface area contributed by atoms with Gasteiger partial charge in [-0.25, -0.2) is 4.79 Å². The van der Waals surface area contributed by atoms with Crippen molar-refractivity contribution in [1.29, 1.82) is 0 Å². The average Bonchev–Trinajstić information content (AvgIpc) is 2.45. The lowest BCUT2D eigenvalue weighted by Crippen LogP contribution is -2.04. The molecule has 0 aromatic heterocycles. The maximum absolute atomic E-state index is 11.4. The zero-order chi connectivity index (χ0) is 13.9. The van der Waals surface area contributed by atoms with Crippen LogP contribution in [0.1, 0.15) is 24.8 Å². The van der Waals surface area contributed by atoms with Crippen molar-refractivity contribution in [3.05, 3.63) is 42.0 Å². The fraction of sp³-hybridized carbons (Fsp3) is 0.333. The summed E-state index contributed by atoms with van der Waals surface area (Å²) in [6.45, 7) is 0.314. The summed E-state index contributed by atoms with van der Waals surface area (Å²) in [5.41, 5.74) is 0.949. The van der Waals surface area contributed by atoms with Gasteiger partial charge in [-0.1, -0.05) is 30.3 Å². The number of carbonyl (C=O) groups excluding carboxylic acids is 2. The van der Waals surface area contributed by atoms with E-state index in [0.717, 1.165) is 5.56 Å². The van der Waals surface area contributed by atoms with Crippen molar-refractivity contribution in [2.45, 2.75) is 19.3 Å². The maximum atomic E-state index is 11.4. The number of rotatable bonds is 7. The first-order valence-corrected chi connectivity index (χ1v) is 6.19. The third kappa shape index (κ3) is 7.03. The lowest BCUT2D eigenvalue weighted by molar-refractivity contribution is -0.140. The Kier molecular flexibility index (Phi) is 7.02. The first-order chi connectivity index (χ1) is 9.22. The minimum Gasteiger partial charge on any atom is -0.469 e. The molecule has 0 spiro atoms. The van der Waals surface area contributed by atoms with Gasteiger partial charge in [0.05, 0.1) is 13.7 Å². The van der Waals surface area contributed by atoms with Gasteiger partial charge in [0.2, 0.25) is 0 Å². The Hall–Kier alpha value is -2.10. The summed E-state index contributed by atoms with van der Waals surface area (Å²) in [7, 11) is 1.36. The molecule has 0 radical (unpaired) electrons. The van der Waals surface area contributed by atoms with E-state index in [0.29, 0.717) is 25.9 Å². The summed E-state index contributed by atoms with van der Waals surface area (Å²) in [6.07, 6.45) is 4.77. The molecule has 4 heteroatoms. The zero-order valence-corrected chi connectivity index (χ0v) is 11.0. The summed E-state index contributed by atoms with van der Waals surface area (Å²) >= 11 is 0. The van der Waals surface area contributed by atoms with Crippen LogP contribution >= 0.6 is 0 Å². The second kappa shape index (κ2) is 8.91. The molecule has 1 aromatic rings. The normalized spacial score (nSPS) is 10.4. The minimum absolute atomic E-state index is 0.240. The molecule has 0 saturated carbocycles. The van der Waals surface area contributed by atoms with Crippen molar-refractivity contribution in [2.24, 2.45) is 0 Å². The van der Waals surface area contributed by atoms with Gasteiger partial charge in [-0.15, -0.1) is 0 Å². The van der Waals surface area contributed by atoms with E-state index >= 15 is 0 Å². The standard InChI is InChI=1S/C15H18O4/c1-18-14(16)9-5-6-12-19-15(17)11-10-13-7-3-2-4-8-13/h2-4,7-8,10-11H,5-6,9,12H2,1H3/b11-10+. The lowest BCUT2D eigenvalue weighted by atomic mass is 10.2. The van der Waals surface area contributed by atoms with Crippen molar-refractivity contribution >= 4 is 18.0 Å². The molecule has 0 heterocycles. The molecule has 19 heavy (non-hydrogen) atoms. The Labute approximate surface area is 113 Å². The van der Waals surface area contributed by atoms with E-state index in [4.69, 9.17) is 4.74 Å². The molecule has 0 unspecified atom stereocenters. The van der Waals surface area contributed by atoms with Gasteiger partial charge < -0.3 is 9.47 Å². The van der Waals surface area contributed by atoms with E-state index < -0.39 is 0 Å². The molecule has 0 N–H and O–H groups in total. The van der Waals surface area contributed by atoms with Gasteiger partial charge in [-0.05, 0) is 24.5 Å². The molecular formula is C15H18O4. The number of benzene rings is 1. The number of unbranched alkanes of at least 4 members (excludes halogenated alkanes) is 1. The number of ether oxygens (including phenoxy) is 2. The van der Waals surface area contributed by atoms with E-state index in [1.165, 1.54) is 13.2 Å². The SMILES string of the molecule is COC(=O)CCCCOC(=O)/C=C/c1ccccc1. The highest BCUT2D eigenvalue weighted by Crippen LogP contribution is 2.02. The van der Waals surface area contributed by atoms with Crippen LogP contribution in [0.4, 0.5) is 0 Å². The smallest absolute Gasteiger partial charge is 0.330 e. The van der Waals surface area contributed by atoms with Crippen molar-refractivity contribution in [2.75, 3.05) is 13.7 Å². The van der Waals surface area contributed by atoms with Gasteiger partial charge >= 0.3 is 11.9 Å². The quantitative estimate of drug-likeness (QED) is 0.430. The number of hydrogen-bond donors (Lipinski definition) is 0. The lowest BCUT2D eigenvalue weighted by Gasteiger charge is -2.01. The molecule has 0 fully saturated rings. The van der Waals surface area contributed by atoms with Crippen molar-refractivity contribution < 1.29 is 19.1 Å². The van der Waals surface area contributed by atoms with Crippen molar-refractivity contribution in [1.82, 2.24) is 0 Å². The highest BCUT2D eigenvalue weighted by Gasteiger charge is 2.01. The van der Waals surface area contributed by atoms with Gasteiger partial charge in [0.25, 0.3) is 0 Å². The Morgan fingerprint density at radius 3 is 2.58 bits per heavy atom. The number of methoxy groups -OCH3 is 1. The van der Waals surface area contributed by atoms with Crippen LogP contribution in [-0.4, -0.2) is 25.7 Å². The molecular weight excluding hydrogens is 244 g/mol. The number of carbonyl (C=O) groups is 2. The summed E-state index contributed by atoms with van der Waals surface area (Å²) < 4.78 is 9.51. The Bertz CT molecular complexity index is 423. The average molecular weight is 262 g/mol. The second-order valence-corrected chi connectivity index (χ2v) is 3.94. The molecule has 102 valence electrons. The molecule has 0 amide bonds. The van der Waals surface area contributed by atoms with Crippen LogP contribution in [0.5, 0.6) is 0 Å². The highest BCUT2D eigenvalue weighted by atomic mass is 16.5. The molecule has 0 saturated heterocycles. The summed E-state index contributed by atoms with van der Waals surface area (Å²) in [6, 6.07) is 9.52. The predicted octanol–water partition coefficient (Wildman–Crippen LogP) is 2.59. The molecule has 0 bridgehead atoms. The predicted molar refractivity (Wildman–Crippen MR) is 72.3 cm³/mol. The Morgan fingerprint density at radius 1 is 1.16 bits per heavy atom. The van der Waals surface area contributed by atoms with Gasteiger partial charge in [-0.3, -0.25) is 4.79 Å². The molecule has 0 aliphatic rings. The topological polar surface area (TPSA) is 52.6 Å². The molecule has 1 aromatic carbocycles. The van der Waals surface area contributed by atoms with Crippen LogP contribution in [0.2, 0.25) is 0 Å².